The number of carbonyl (C=O) groups is 4. The molecule has 2 heterocycles. The summed E-state index contributed by atoms with van der Waals surface area (Å²) in [6.45, 7) is 2.67. The van der Waals surface area contributed by atoms with Crippen molar-refractivity contribution in [2.24, 2.45) is 0 Å². The van der Waals surface area contributed by atoms with Gasteiger partial charge in [0.1, 0.15) is 12.6 Å². The molecule has 0 aliphatic carbocycles. The van der Waals surface area contributed by atoms with E-state index >= 15 is 0 Å². The van der Waals surface area contributed by atoms with Crippen LogP contribution in [0.2, 0.25) is 0 Å². The van der Waals surface area contributed by atoms with Crippen molar-refractivity contribution in [3.63, 3.8) is 0 Å². The maximum absolute atomic E-state index is 13.0. The van der Waals surface area contributed by atoms with Crippen molar-refractivity contribution < 1.29 is 23.9 Å². The highest BCUT2D eigenvalue weighted by molar-refractivity contribution is 6.05. The second kappa shape index (κ2) is 10.3. The number of piperidine rings is 1. The molecule has 0 bridgehead atoms. The second-order valence-corrected chi connectivity index (χ2v) is 9.28. The molecule has 3 aromatic rings. The van der Waals surface area contributed by atoms with E-state index in [1.54, 1.807) is 6.07 Å². The maximum atomic E-state index is 13.0. The first-order chi connectivity index (χ1) is 17.9. The van der Waals surface area contributed by atoms with E-state index in [1.165, 1.54) is 4.90 Å². The minimum Gasteiger partial charge on any atom is -0.445 e. The topological polar surface area (TPSA) is 105 Å². The maximum Gasteiger partial charge on any atom is 0.407 e. The van der Waals surface area contributed by atoms with Gasteiger partial charge in [0.15, 0.2) is 0 Å². The Morgan fingerprint density at radius 3 is 2.62 bits per heavy atom. The van der Waals surface area contributed by atoms with Gasteiger partial charge in [0.25, 0.3) is 5.91 Å². The molecule has 1 fully saturated rings. The van der Waals surface area contributed by atoms with E-state index < -0.39 is 18.0 Å². The van der Waals surface area contributed by atoms with E-state index in [9.17, 15) is 19.2 Å². The summed E-state index contributed by atoms with van der Waals surface area (Å²) in [6.07, 6.45) is -0.0241. The van der Waals surface area contributed by atoms with Crippen LogP contribution in [0.3, 0.4) is 0 Å². The quantitative estimate of drug-likeness (QED) is 0.504. The molecular formula is C29H27N3O5. The van der Waals surface area contributed by atoms with Crippen molar-refractivity contribution in [1.29, 1.82) is 0 Å². The summed E-state index contributed by atoms with van der Waals surface area (Å²) in [6, 6.07) is 20.7. The number of nitrogens with zero attached hydrogens (tertiary/aromatic N) is 1. The molecule has 188 valence electrons. The van der Waals surface area contributed by atoms with Crippen LogP contribution in [0.5, 0.6) is 0 Å². The first-order valence-corrected chi connectivity index (χ1v) is 12.2. The van der Waals surface area contributed by atoms with Gasteiger partial charge in [-0.3, -0.25) is 19.7 Å². The number of carbonyl (C=O) groups excluding carboxylic acids is 4. The molecule has 0 spiro atoms. The summed E-state index contributed by atoms with van der Waals surface area (Å²) < 4.78 is 5.45. The van der Waals surface area contributed by atoms with E-state index in [4.69, 9.17) is 4.74 Å². The third-order valence-electron chi connectivity index (χ3n) is 6.92. The lowest BCUT2D eigenvalue weighted by atomic mass is 9.97. The van der Waals surface area contributed by atoms with Crippen molar-refractivity contribution in [1.82, 2.24) is 15.5 Å². The minimum absolute atomic E-state index is 0.141. The molecule has 8 nitrogen and oxygen atoms in total. The van der Waals surface area contributed by atoms with Gasteiger partial charge in [-0.15, -0.1) is 0 Å². The number of amides is 4. The molecule has 1 unspecified atom stereocenters. The fourth-order valence-electron chi connectivity index (χ4n) is 4.85. The number of fused-ring (bicyclic) bond motifs is 1. The molecule has 1 atom stereocenters. The largest absolute Gasteiger partial charge is 0.445 e. The summed E-state index contributed by atoms with van der Waals surface area (Å²) >= 11 is 0. The molecule has 4 amide bonds. The van der Waals surface area contributed by atoms with Gasteiger partial charge in [0.05, 0.1) is 0 Å². The Kier molecular flexibility index (Phi) is 6.72. The lowest BCUT2D eigenvalue weighted by Crippen LogP contribution is -2.52. The molecule has 0 saturated carbocycles. The monoisotopic (exact) mass is 497 g/mol. The van der Waals surface area contributed by atoms with E-state index in [1.807, 2.05) is 67.6 Å². The van der Waals surface area contributed by atoms with Crippen LogP contribution in [-0.4, -0.2) is 34.8 Å². The predicted octanol–water partition coefficient (Wildman–Crippen LogP) is 3.85. The van der Waals surface area contributed by atoms with Gasteiger partial charge in [0, 0.05) is 25.1 Å². The number of benzene rings is 3. The van der Waals surface area contributed by atoms with E-state index in [0.29, 0.717) is 18.5 Å². The number of alkyl carbamates (subject to hydrolysis) is 1. The molecule has 8 heteroatoms. The molecule has 2 aliphatic heterocycles. The zero-order valence-corrected chi connectivity index (χ0v) is 20.5. The Morgan fingerprint density at radius 1 is 1.03 bits per heavy atom. The lowest BCUT2D eigenvalue weighted by Gasteiger charge is -2.29. The SMILES string of the molecule is Cc1c(COC(=O)NCc2ccc3c(c2)C(=O)N(C2CCC(=O)NC2=O)C3)cccc1-c1ccccc1. The Morgan fingerprint density at radius 2 is 1.84 bits per heavy atom. The summed E-state index contributed by atoms with van der Waals surface area (Å²) in [7, 11) is 0. The van der Waals surface area contributed by atoms with Crippen LogP contribution in [0.25, 0.3) is 11.1 Å². The molecule has 0 radical (unpaired) electrons. The van der Waals surface area contributed by atoms with Crippen LogP contribution >= 0.6 is 0 Å². The molecule has 1 saturated heterocycles. The Balaban J connectivity index is 1.17. The number of rotatable bonds is 6. The Labute approximate surface area is 214 Å². The highest BCUT2D eigenvalue weighted by atomic mass is 16.5. The third-order valence-corrected chi connectivity index (χ3v) is 6.92. The van der Waals surface area contributed by atoms with Gasteiger partial charge >= 0.3 is 6.09 Å². The number of imide groups is 1. The second-order valence-electron chi connectivity index (χ2n) is 9.28. The van der Waals surface area contributed by atoms with E-state index in [2.05, 4.69) is 10.6 Å². The van der Waals surface area contributed by atoms with Gasteiger partial charge in [-0.25, -0.2) is 4.79 Å². The van der Waals surface area contributed by atoms with E-state index in [0.717, 1.165) is 33.4 Å². The summed E-state index contributed by atoms with van der Waals surface area (Å²) in [5.41, 5.74) is 6.24. The molecule has 2 N–H and O–H groups in total. The fraction of sp³-hybridized carbons (Fsp3) is 0.241. The van der Waals surface area contributed by atoms with Crippen LogP contribution in [0.1, 0.15) is 45.5 Å². The molecule has 5 rings (SSSR count). The van der Waals surface area contributed by atoms with Gasteiger partial charge in [0.2, 0.25) is 11.8 Å². The molecule has 0 aromatic heterocycles. The molecule has 37 heavy (non-hydrogen) atoms. The fourth-order valence-corrected chi connectivity index (χ4v) is 4.85. The first-order valence-electron chi connectivity index (χ1n) is 12.2. The number of hydrogen-bond acceptors (Lipinski definition) is 5. The van der Waals surface area contributed by atoms with Gasteiger partial charge in [-0.05, 0) is 52.8 Å². The van der Waals surface area contributed by atoms with Crippen LogP contribution in [0.4, 0.5) is 4.79 Å². The minimum atomic E-state index is -0.655. The zero-order chi connectivity index (χ0) is 25.9. The van der Waals surface area contributed by atoms with Crippen LogP contribution in [0, 0.1) is 6.92 Å². The van der Waals surface area contributed by atoms with Crippen molar-refractivity contribution in [2.75, 3.05) is 0 Å². The van der Waals surface area contributed by atoms with E-state index in [-0.39, 0.29) is 31.4 Å². The predicted molar refractivity (Wildman–Crippen MR) is 136 cm³/mol. The van der Waals surface area contributed by atoms with Gasteiger partial charge in [-0.2, -0.15) is 0 Å². The van der Waals surface area contributed by atoms with Gasteiger partial charge < -0.3 is 15.0 Å². The summed E-state index contributed by atoms with van der Waals surface area (Å²) in [4.78, 5) is 50.5. The average Bonchev–Trinajstić information content (AvgIpc) is 3.22. The highest BCUT2D eigenvalue weighted by Crippen LogP contribution is 2.28. The van der Waals surface area contributed by atoms with Gasteiger partial charge in [-0.1, -0.05) is 60.7 Å². The smallest absolute Gasteiger partial charge is 0.407 e. The Hall–Kier alpha value is -4.46. The van der Waals surface area contributed by atoms with Crippen molar-refractivity contribution >= 4 is 23.8 Å². The van der Waals surface area contributed by atoms with Crippen molar-refractivity contribution in [2.45, 2.75) is 45.5 Å². The number of nitrogens with one attached hydrogen (secondary N) is 2. The van der Waals surface area contributed by atoms with Crippen LogP contribution in [0.15, 0.2) is 66.7 Å². The summed E-state index contributed by atoms with van der Waals surface area (Å²) in [5, 5.41) is 5.04. The Bertz CT molecular complexity index is 1390. The van der Waals surface area contributed by atoms with Crippen molar-refractivity contribution in [3.8, 4) is 11.1 Å². The number of ether oxygens (including phenoxy) is 1. The summed E-state index contributed by atoms with van der Waals surface area (Å²) in [5.74, 6) is -1.00. The standard InChI is InChI=1S/C29H27N3O5/c1-18-22(8-5-9-23(18)20-6-3-2-4-7-20)17-37-29(36)30-15-19-10-11-21-16-32(28(35)24(21)14-19)25-12-13-26(33)31-27(25)34/h2-11,14,25H,12-13,15-17H2,1H3,(H,30,36)(H,31,33,34). The lowest BCUT2D eigenvalue weighted by molar-refractivity contribution is -0.136. The first kappa shape index (κ1) is 24.2. The van der Waals surface area contributed by atoms with Crippen LogP contribution < -0.4 is 10.6 Å². The highest BCUT2D eigenvalue weighted by Gasteiger charge is 2.39. The van der Waals surface area contributed by atoms with Crippen LogP contribution in [-0.2, 0) is 34.0 Å². The molecule has 3 aromatic carbocycles. The van der Waals surface area contributed by atoms with Crippen molar-refractivity contribution in [3.05, 3.63) is 94.5 Å². The number of hydrogen-bond donors (Lipinski definition) is 2. The molecular weight excluding hydrogens is 470 g/mol. The molecule has 2 aliphatic rings. The normalized spacial score (nSPS) is 16.8. The zero-order valence-electron chi connectivity index (χ0n) is 20.5. The third kappa shape index (κ3) is 5.09. The average molecular weight is 498 g/mol.